The van der Waals surface area contributed by atoms with E-state index in [2.05, 4.69) is 27.9 Å². The summed E-state index contributed by atoms with van der Waals surface area (Å²) in [5.74, 6) is 1.02. The van der Waals surface area contributed by atoms with Gasteiger partial charge in [-0.1, -0.05) is 0 Å². The zero-order valence-corrected chi connectivity index (χ0v) is 14.6. The molecule has 0 bridgehead atoms. The van der Waals surface area contributed by atoms with E-state index in [9.17, 15) is 9.18 Å². The molecule has 1 N–H and O–H groups in total. The van der Waals surface area contributed by atoms with Crippen LogP contribution in [0.5, 0.6) is 0 Å². The molecule has 0 saturated carbocycles. The molecule has 2 aliphatic rings. The number of carbonyl (C=O) groups is 1. The Morgan fingerprint density at radius 3 is 2.48 bits per heavy atom. The van der Waals surface area contributed by atoms with Crippen molar-refractivity contribution < 1.29 is 9.18 Å². The van der Waals surface area contributed by atoms with Gasteiger partial charge in [-0.2, -0.15) is 0 Å². The molecule has 0 spiro atoms. The van der Waals surface area contributed by atoms with Crippen LogP contribution in [0, 0.1) is 21.2 Å². The van der Waals surface area contributed by atoms with E-state index in [0.717, 1.165) is 42.6 Å². The molecule has 6 heteroatoms. The molecule has 2 fully saturated rings. The van der Waals surface area contributed by atoms with Crippen molar-refractivity contribution >= 4 is 40.9 Å². The van der Waals surface area contributed by atoms with E-state index >= 15 is 0 Å². The summed E-state index contributed by atoms with van der Waals surface area (Å²) in [6, 6.07) is 4.42. The Morgan fingerprint density at radius 2 is 1.86 bits per heavy atom. The van der Waals surface area contributed by atoms with Crippen LogP contribution in [0.4, 0.5) is 4.39 Å². The number of nitrogens with zero attached hydrogens (tertiary/aromatic N) is 1. The normalized spacial score (nSPS) is 25.0. The lowest BCUT2D eigenvalue weighted by atomic mass is 9.92. The maximum Gasteiger partial charge on any atom is 0.255 e. The third-order valence-corrected chi connectivity index (χ3v) is 5.41. The SMILES string of the molecule is Cl.O=C(c1cc(F)ccc1I)N1CC[C@@H]2CNC[C@@H]2CC1. The number of fused-ring (bicyclic) bond motifs is 1. The Bertz CT molecular complexity index is 514. The zero-order chi connectivity index (χ0) is 14.1. The molecule has 3 nitrogen and oxygen atoms in total. The van der Waals surface area contributed by atoms with Gasteiger partial charge in [0.15, 0.2) is 0 Å². The standard InChI is InChI=1S/C15H18FIN2O.ClH/c16-12-1-2-14(17)13(7-12)15(20)19-5-3-10-8-18-9-11(10)4-6-19;/h1-2,7,10-11,18H,3-6,8-9H2;1H/t10-,11+;. The number of hydrogen-bond acceptors (Lipinski definition) is 2. The van der Waals surface area contributed by atoms with Crippen LogP contribution in [0.3, 0.4) is 0 Å². The second-order valence-corrected chi connectivity index (χ2v) is 6.83. The van der Waals surface area contributed by atoms with Crippen molar-refractivity contribution in [3.63, 3.8) is 0 Å². The van der Waals surface area contributed by atoms with Gasteiger partial charge < -0.3 is 10.2 Å². The quantitative estimate of drug-likeness (QED) is 0.703. The van der Waals surface area contributed by atoms with Gasteiger partial charge in [0.05, 0.1) is 5.56 Å². The summed E-state index contributed by atoms with van der Waals surface area (Å²) in [5.41, 5.74) is 0.496. The lowest BCUT2D eigenvalue weighted by molar-refractivity contribution is 0.0757. The van der Waals surface area contributed by atoms with Gasteiger partial charge >= 0.3 is 0 Å². The molecule has 0 aliphatic carbocycles. The number of nitrogens with one attached hydrogen (secondary N) is 1. The summed E-state index contributed by atoms with van der Waals surface area (Å²) < 4.78 is 14.2. The number of carbonyl (C=O) groups excluding carboxylic acids is 1. The predicted octanol–water partition coefficient (Wildman–Crippen LogP) is 2.92. The first kappa shape index (κ1) is 17.0. The van der Waals surface area contributed by atoms with Crippen molar-refractivity contribution in [2.45, 2.75) is 12.8 Å². The minimum Gasteiger partial charge on any atom is -0.339 e. The van der Waals surface area contributed by atoms with Gasteiger partial charge in [0.2, 0.25) is 0 Å². The number of rotatable bonds is 1. The molecule has 1 amide bonds. The maximum atomic E-state index is 13.4. The van der Waals surface area contributed by atoms with E-state index in [0.29, 0.717) is 17.4 Å². The monoisotopic (exact) mass is 424 g/mol. The van der Waals surface area contributed by atoms with E-state index in [4.69, 9.17) is 0 Å². The van der Waals surface area contributed by atoms with Gasteiger partial charge in [-0.05, 0) is 78.6 Å². The number of benzene rings is 1. The Labute approximate surface area is 144 Å². The molecule has 2 saturated heterocycles. The van der Waals surface area contributed by atoms with Crippen molar-refractivity contribution in [3.8, 4) is 0 Å². The van der Waals surface area contributed by atoms with Crippen LogP contribution < -0.4 is 5.32 Å². The highest BCUT2D eigenvalue weighted by molar-refractivity contribution is 14.1. The Balaban J connectivity index is 0.00000161. The molecule has 2 atom stereocenters. The van der Waals surface area contributed by atoms with Crippen LogP contribution >= 0.6 is 35.0 Å². The fourth-order valence-electron chi connectivity index (χ4n) is 3.25. The number of halogens is 3. The van der Waals surface area contributed by atoms with Crippen molar-refractivity contribution in [2.24, 2.45) is 11.8 Å². The lowest BCUT2D eigenvalue weighted by Gasteiger charge is -2.21. The summed E-state index contributed by atoms with van der Waals surface area (Å²) in [7, 11) is 0. The Morgan fingerprint density at radius 1 is 1.24 bits per heavy atom. The maximum absolute atomic E-state index is 13.4. The third-order valence-electron chi connectivity index (χ3n) is 4.47. The molecule has 21 heavy (non-hydrogen) atoms. The minimum atomic E-state index is -0.343. The first-order valence-corrected chi connectivity index (χ1v) is 8.18. The molecular weight excluding hydrogens is 406 g/mol. The molecule has 3 rings (SSSR count). The average molecular weight is 425 g/mol. The molecule has 2 aliphatic heterocycles. The van der Waals surface area contributed by atoms with E-state index in [1.807, 2.05) is 4.90 Å². The summed E-state index contributed by atoms with van der Waals surface area (Å²) in [4.78, 5) is 14.5. The average Bonchev–Trinajstić information content (AvgIpc) is 2.80. The molecule has 0 aromatic heterocycles. The summed E-state index contributed by atoms with van der Waals surface area (Å²) in [6.07, 6.45) is 2.10. The minimum absolute atomic E-state index is 0. The summed E-state index contributed by atoms with van der Waals surface area (Å²) in [5, 5.41) is 3.43. The summed E-state index contributed by atoms with van der Waals surface area (Å²) in [6.45, 7) is 3.72. The third kappa shape index (κ3) is 3.68. The van der Waals surface area contributed by atoms with Crippen LogP contribution in [-0.4, -0.2) is 37.0 Å². The molecule has 0 unspecified atom stereocenters. The molecular formula is C15H19ClFIN2O. The zero-order valence-electron chi connectivity index (χ0n) is 11.6. The second-order valence-electron chi connectivity index (χ2n) is 5.67. The molecule has 0 radical (unpaired) electrons. The predicted molar refractivity (Wildman–Crippen MR) is 91.4 cm³/mol. The molecule has 2 heterocycles. The van der Waals surface area contributed by atoms with E-state index in [-0.39, 0.29) is 24.1 Å². The van der Waals surface area contributed by atoms with Crippen LogP contribution in [0.25, 0.3) is 0 Å². The van der Waals surface area contributed by atoms with E-state index in [1.165, 1.54) is 12.1 Å². The highest BCUT2D eigenvalue weighted by atomic mass is 127. The van der Waals surface area contributed by atoms with Crippen molar-refractivity contribution in [3.05, 3.63) is 33.1 Å². The van der Waals surface area contributed by atoms with Gasteiger partial charge in [0.25, 0.3) is 5.91 Å². The first-order chi connectivity index (χ1) is 9.65. The number of amides is 1. The van der Waals surface area contributed by atoms with Crippen molar-refractivity contribution in [2.75, 3.05) is 26.2 Å². The molecule has 116 valence electrons. The van der Waals surface area contributed by atoms with Crippen LogP contribution in [-0.2, 0) is 0 Å². The highest BCUT2D eigenvalue weighted by Crippen LogP contribution is 2.28. The van der Waals surface area contributed by atoms with Crippen molar-refractivity contribution in [1.29, 1.82) is 0 Å². The van der Waals surface area contributed by atoms with Gasteiger partial charge in [0.1, 0.15) is 5.82 Å². The van der Waals surface area contributed by atoms with Gasteiger partial charge in [-0.3, -0.25) is 4.79 Å². The topological polar surface area (TPSA) is 32.3 Å². The summed E-state index contributed by atoms with van der Waals surface area (Å²) >= 11 is 2.10. The molecule has 1 aromatic carbocycles. The fourth-order valence-corrected chi connectivity index (χ4v) is 3.82. The first-order valence-electron chi connectivity index (χ1n) is 7.10. The van der Waals surface area contributed by atoms with E-state index in [1.54, 1.807) is 6.07 Å². The fraction of sp³-hybridized carbons (Fsp3) is 0.533. The highest BCUT2D eigenvalue weighted by Gasteiger charge is 2.32. The van der Waals surface area contributed by atoms with Gasteiger partial charge in [0, 0.05) is 16.7 Å². The smallest absolute Gasteiger partial charge is 0.255 e. The second kappa shape index (κ2) is 7.24. The van der Waals surface area contributed by atoms with Crippen LogP contribution in [0.1, 0.15) is 23.2 Å². The van der Waals surface area contributed by atoms with E-state index < -0.39 is 0 Å². The van der Waals surface area contributed by atoms with Crippen molar-refractivity contribution in [1.82, 2.24) is 10.2 Å². The number of hydrogen-bond donors (Lipinski definition) is 1. The molecule has 1 aromatic rings. The Hall–Kier alpha value is -0.400. The van der Waals surface area contributed by atoms with Gasteiger partial charge in [-0.25, -0.2) is 4.39 Å². The van der Waals surface area contributed by atoms with Crippen LogP contribution in [0.2, 0.25) is 0 Å². The Kier molecular flexibility index (Phi) is 5.85. The number of likely N-dealkylation sites (tertiary alicyclic amines) is 1. The van der Waals surface area contributed by atoms with Crippen LogP contribution in [0.15, 0.2) is 18.2 Å². The largest absolute Gasteiger partial charge is 0.339 e. The lowest BCUT2D eigenvalue weighted by Crippen LogP contribution is -2.33. The van der Waals surface area contributed by atoms with Gasteiger partial charge in [-0.15, -0.1) is 12.4 Å².